The minimum Gasteiger partial charge on any atom is -0.397 e. The number of hydrogen-bond donors (Lipinski definition) is 2. The van der Waals surface area contributed by atoms with Crippen LogP contribution in [-0.4, -0.2) is 19.3 Å². The predicted molar refractivity (Wildman–Crippen MR) is 63.3 cm³/mol. The van der Waals surface area contributed by atoms with Crippen LogP contribution in [0.25, 0.3) is 0 Å². The number of halogens is 1. The van der Waals surface area contributed by atoms with Crippen molar-refractivity contribution in [3.63, 3.8) is 0 Å². The first kappa shape index (κ1) is 10.6. The number of nitrogens with one attached hydrogen (secondary N) is 1. The normalized spacial score (nSPS) is 21.3. The maximum atomic E-state index is 6.07. The number of anilines is 2. The van der Waals surface area contributed by atoms with E-state index in [9.17, 15) is 0 Å². The SMILES string of the molecule is Nc1cccc(Cl)c1NC1CCCOC1. The van der Waals surface area contributed by atoms with Gasteiger partial charge in [0, 0.05) is 12.6 Å². The van der Waals surface area contributed by atoms with Crippen LogP contribution in [0.3, 0.4) is 0 Å². The van der Waals surface area contributed by atoms with Gasteiger partial charge in [-0.3, -0.25) is 0 Å². The fourth-order valence-corrected chi connectivity index (χ4v) is 1.99. The Morgan fingerprint density at radius 1 is 1.47 bits per heavy atom. The van der Waals surface area contributed by atoms with Crippen molar-refractivity contribution < 1.29 is 4.74 Å². The molecule has 0 radical (unpaired) electrons. The predicted octanol–water partition coefficient (Wildman–Crippen LogP) is 2.51. The van der Waals surface area contributed by atoms with E-state index in [4.69, 9.17) is 22.1 Å². The van der Waals surface area contributed by atoms with Crippen LogP contribution in [0.2, 0.25) is 5.02 Å². The molecule has 4 heteroatoms. The highest BCUT2D eigenvalue weighted by Gasteiger charge is 2.15. The Balaban J connectivity index is 2.09. The standard InChI is InChI=1S/C11H15ClN2O/c12-9-4-1-5-10(13)11(9)14-8-3-2-6-15-7-8/h1,4-5,8,14H,2-3,6-7,13H2. The third-order valence-electron chi connectivity index (χ3n) is 2.55. The Morgan fingerprint density at radius 3 is 3.00 bits per heavy atom. The zero-order valence-electron chi connectivity index (χ0n) is 8.50. The van der Waals surface area contributed by atoms with Gasteiger partial charge in [0.05, 0.1) is 23.0 Å². The molecule has 0 spiro atoms. The molecule has 0 aliphatic carbocycles. The van der Waals surface area contributed by atoms with Crippen molar-refractivity contribution in [2.24, 2.45) is 0 Å². The van der Waals surface area contributed by atoms with Crippen LogP contribution in [-0.2, 0) is 4.74 Å². The molecule has 3 N–H and O–H groups in total. The van der Waals surface area contributed by atoms with Gasteiger partial charge in [0.25, 0.3) is 0 Å². The molecule has 1 heterocycles. The van der Waals surface area contributed by atoms with Gasteiger partial charge >= 0.3 is 0 Å². The molecule has 0 bridgehead atoms. The van der Waals surface area contributed by atoms with Crippen LogP contribution in [0.1, 0.15) is 12.8 Å². The summed E-state index contributed by atoms with van der Waals surface area (Å²) in [5.74, 6) is 0. The minimum absolute atomic E-state index is 0.320. The molecule has 1 saturated heterocycles. The second kappa shape index (κ2) is 4.73. The van der Waals surface area contributed by atoms with E-state index in [0.29, 0.717) is 16.8 Å². The first-order valence-electron chi connectivity index (χ1n) is 5.15. The second-order valence-corrected chi connectivity index (χ2v) is 4.17. The average Bonchev–Trinajstić information content (AvgIpc) is 2.25. The Morgan fingerprint density at radius 2 is 2.33 bits per heavy atom. The van der Waals surface area contributed by atoms with Crippen LogP contribution in [0.5, 0.6) is 0 Å². The average molecular weight is 227 g/mol. The van der Waals surface area contributed by atoms with E-state index in [-0.39, 0.29) is 0 Å². The molecule has 1 fully saturated rings. The van der Waals surface area contributed by atoms with Crippen LogP contribution in [0.4, 0.5) is 11.4 Å². The molecule has 82 valence electrons. The van der Waals surface area contributed by atoms with Crippen LogP contribution < -0.4 is 11.1 Å². The van der Waals surface area contributed by atoms with Crippen molar-refractivity contribution in [1.82, 2.24) is 0 Å². The van der Waals surface area contributed by atoms with Crippen molar-refractivity contribution in [1.29, 1.82) is 0 Å². The lowest BCUT2D eigenvalue weighted by atomic mass is 10.1. The zero-order chi connectivity index (χ0) is 10.7. The summed E-state index contributed by atoms with van der Waals surface area (Å²) in [4.78, 5) is 0. The van der Waals surface area contributed by atoms with Gasteiger partial charge < -0.3 is 15.8 Å². The van der Waals surface area contributed by atoms with Gasteiger partial charge in [-0.15, -0.1) is 0 Å². The number of benzene rings is 1. The Labute approximate surface area is 94.6 Å². The monoisotopic (exact) mass is 226 g/mol. The van der Waals surface area contributed by atoms with Crippen LogP contribution >= 0.6 is 11.6 Å². The third-order valence-corrected chi connectivity index (χ3v) is 2.87. The first-order chi connectivity index (χ1) is 7.27. The lowest BCUT2D eigenvalue weighted by Gasteiger charge is -2.25. The van der Waals surface area contributed by atoms with Crippen molar-refractivity contribution >= 4 is 23.0 Å². The van der Waals surface area contributed by atoms with E-state index in [1.807, 2.05) is 18.2 Å². The Kier molecular flexibility index (Phi) is 3.34. The second-order valence-electron chi connectivity index (χ2n) is 3.76. The van der Waals surface area contributed by atoms with Gasteiger partial charge in [0.2, 0.25) is 0 Å². The van der Waals surface area contributed by atoms with Gasteiger partial charge in [-0.05, 0) is 25.0 Å². The Bertz CT molecular complexity index is 317. The molecule has 0 saturated carbocycles. The molecule has 0 aromatic heterocycles. The summed E-state index contributed by atoms with van der Waals surface area (Å²) in [5.41, 5.74) is 7.37. The van der Waals surface area contributed by atoms with Crippen molar-refractivity contribution in [3.8, 4) is 0 Å². The molecule has 1 aliphatic heterocycles. The van der Waals surface area contributed by atoms with E-state index >= 15 is 0 Å². The largest absolute Gasteiger partial charge is 0.397 e. The van der Waals surface area contributed by atoms with Gasteiger partial charge in [-0.2, -0.15) is 0 Å². The van der Waals surface area contributed by atoms with E-state index in [0.717, 1.165) is 31.7 Å². The summed E-state index contributed by atoms with van der Waals surface area (Å²) >= 11 is 6.07. The van der Waals surface area contributed by atoms with Gasteiger partial charge in [-0.25, -0.2) is 0 Å². The van der Waals surface area contributed by atoms with Crippen molar-refractivity contribution in [2.75, 3.05) is 24.3 Å². The number of hydrogen-bond acceptors (Lipinski definition) is 3. The van der Waals surface area contributed by atoms with Crippen LogP contribution in [0.15, 0.2) is 18.2 Å². The molecule has 1 aromatic rings. The smallest absolute Gasteiger partial charge is 0.0766 e. The van der Waals surface area contributed by atoms with Gasteiger partial charge in [0.15, 0.2) is 0 Å². The van der Waals surface area contributed by atoms with Crippen molar-refractivity contribution in [2.45, 2.75) is 18.9 Å². The molecular weight excluding hydrogens is 212 g/mol. The zero-order valence-corrected chi connectivity index (χ0v) is 9.26. The summed E-state index contributed by atoms with van der Waals surface area (Å²) in [5, 5.41) is 4.00. The fraction of sp³-hybridized carbons (Fsp3) is 0.455. The van der Waals surface area contributed by atoms with E-state index in [2.05, 4.69) is 5.32 Å². The summed E-state index contributed by atoms with van der Waals surface area (Å²) in [6, 6.07) is 5.85. The molecule has 1 aromatic carbocycles. The quantitative estimate of drug-likeness (QED) is 0.762. The molecule has 1 atom stereocenters. The molecule has 1 aliphatic rings. The minimum atomic E-state index is 0.320. The Hall–Kier alpha value is -0.930. The number of rotatable bonds is 2. The van der Waals surface area contributed by atoms with Gasteiger partial charge in [-0.1, -0.05) is 17.7 Å². The molecule has 1 unspecified atom stereocenters. The summed E-state index contributed by atoms with van der Waals surface area (Å²) in [6.07, 6.45) is 2.19. The van der Waals surface area contributed by atoms with E-state index in [1.165, 1.54) is 0 Å². The molecule has 2 rings (SSSR count). The third kappa shape index (κ3) is 2.55. The molecule has 15 heavy (non-hydrogen) atoms. The first-order valence-corrected chi connectivity index (χ1v) is 5.53. The van der Waals surface area contributed by atoms with E-state index < -0.39 is 0 Å². The highest BCUT2D eigenvalue weighted by molar-refractivity contribution is 6.33. The summed E-state index contributed by atoms with van der Waals surface area (Å²) < 4.78 is 5.39. The maximum Gasteiger partial charge on any atom is 0.0766 e. The number of para-hydroxylation sites is 1. The van der Waals surface area contributed by atoms with Crippen LogP contribution in [0, 0.1) is 0 Å². The molecule has 0 amide bonds. The number of ether oxygens (including phenoxy) is 1. The highest BCUT2D eigenvalue weighted by atomic mass is 35.5. The maximum absolute atomic E-state index is 6.07. The molecular formula is C11H15ClN2O. The molecule has 3 nitrogen and oxygen atoms in total. The number of nitrogen functional groups attached to an aromatic ring is 1. The lowest BCUT2D eigenvalue weighted by Crippen LogP contribution is -2.30. The fourth-order valence-electron chi connectivity index (χ4n) is 1.75. The van der Waals surface area contributed by atoms with Crippen molar-refractivity contribution in [3.05, 3.63) is 23.2 Å². The number of nitrogens with two attached hydrogens (primary N) is 1. The topological polar surface area (TPSA) is 47.3 Å². The highest BCUT2D eigenvalue weighted by Crippen LogP contribution is 2.29. The van der Waals surface area contributed by atoms with E-state index in [1.54, 1.807) is 0 Å². The lowest BCUT2D eigenvalue weighted by molar-refractivity contribution is 0.0876. The van der Waals surface area contributed by atoms with Gasteiger partial charge in [0.1, 0.15) is 0 Å². The summed E-state index contributed by atoms with van der Waals surface area (Å²) in [6.45, 7) is 1.58. The summed E-state index contributed by atoms with van der Waals surface area (Å²) in [7, 11) is 0.